The van der Waals surface area contributed by atoms with Gasteiger partial charge in [0.25, 0.3) is 0 Å². The third-order valence-electron chi connectivity index (χ3n) is 4.23. The van der Waals surface area contributed by atoms with Gasteiger partial charge in [-0.1, -0.05) is 19.3 Å². The van der Waals surface area contributed by atoms with Crippen molar-refractivity contribution in [3.63, 3.8) is 0 Å². The number of rotatable bonds is 5. The van der Waals surface area contributed by atoms with Gasteiger partial charge >= 0.3 is 0 Å². The number of carbonyl (C=O) groups excluding carboxylic acids is 1. The van der Waals surface area contributed by atoms with E-state index in [1.165, 1.54) is 32.1 Å². The predicted molar refractivity (Wildman–Crippen MR) is 115 cm³/mol. The Morgan fingerprint density at radius 3 is 2.56 bits per heavy atom. The molecule has 0 bridgehead atoms. The SMILES string of the molecule is Cc1nc(CN(C)C(=NCC(=O)N(C)C)NC2CCCCC2)cs1.I. The number of likely N-dealkylation sites (N-methyl/N-ethyl adjacent to an activating group) is 1. The molecule has 0 radical (unpaired) electrons. The molecule has 0 unspecified atom stereocenters. The first kappa shape index (κ1) is 22.1. The molecule has 6 nitrogen and oxygen atoms in total. The quantitative estimate of drug-likeness (QED) is 0.401. The minimum Gasteiger partial charge on any atom is -0.353 e. The predicted octanol–water partition coefficient (Wildman–Crippen LogP) is 2.87. The van der Waals surface area contributed by atoms with Crippen molar-refractivity contribution >= 4 is 47.2 Å². The zero-order chi connectivity index (χ0) is 17.5. The van der Waals surface area contributed by atoms with Crippen molar-refractivity contribution in [3.8, 4) is 0 Å². The van der Waals surface area contributed by atoms with Crippen LogP contribution in [0.15, 0.2) is 10.4 Å². The average molecular weight is 479 g/mol. The summed E-state index contributed by atoms with van der Waals surface area (Å²) in [4.78, 5) is 24.6. The first-order chi connectivity index (χ1) is 11.5. The van der Waals surface area contributed by atoms with Crippen molar-refractivity contribution in [2.24, 2.45) is 4.99 Å². The van der Waals surface area contributed by atoms with Gasteiger partial charge in [-0.15, -0.1) is 35.3 Å². The van der Waals surface area contributed by atoms with Gasteiger partial charge in [-0.25, -0.2) is 9.98 Å². The molecule has 8 heteroatoms. The van der Waals surface area contributed by atoms with E-state index in [4.69, 9.17) is 0 Å². The second-order valence-electron chi connectivity index (χ2n) is 6.62. The van der Waals surface area contributed by atoms with Crippen LogP contribution in [0.25, 0.3) is 0 Å². The van der Waals surface area contributed by atoms with Crippen molar-refractivity contribution in [2.75, 3.05) is 27.7 Å². The lowest BCUT2D eigenvalue weighted by atomic mass is 9.96. The molecule has 1 aromatic heterocycles. The van der Waals surface area contributed by atoms with Crippen LogP contribution in [0, 0.1) is 6.92 Å². The van der Waals surface area contributed by atoms with Crippen LogP contribution in [0.1, 0.15) is 42.8 Å². The average Bonchev–Trinajstić information content (AvgIpc) is 2.96. The van der Waals surface area contributed by atoms with Crippen LogP contribution in [0.5, 0.6) is 0 Å². The summed E-state index contributed by atoms with van der Waals surface area (Å²) < 4.78 is 0. The first-order valence-corrected chi connectivity index (χ1v) is 9.47. The number of aryl methyl sites for hydroxylation is 1. The van der Waals surface area contributed by atoms with Gasteiger partial charge < -0.3 is 15.1 Å². The fraction of sp³-hybridized carbons (Fsp3) is 0.706. The molecular formula is C17H30IN5OS. The van der Waals surface area contributed by atoms with Gasteiger partial charge in [-0.3, -0.25) is 4.79 Å². The minimum atomic E-state index is 0. The Bertz CT molecular complexity index is 569. The van der Waals surface area contributed by atoms with Crippen LogP contribution in [0.2, 0.25) is 0 Å². The standard InChI is InChI=1S/C17H29N5OS.HI/c1-13-19-15(12-24-13)11-22(4)17(18-10-16(23)21(2)3)20-14-8-6-5-7-9-14;/h12,14H,5-11H2,1-4H3,(H,18,20);1H. The van der Waals surface area contributed by atoms with Gasteiger partial charge in [-0.05, 0) is 19.8 Å². The smallest absolute Gasteiger partial charge is 0.243 e. The molecule has 1 aromatic rings. The van der Waals surface area contributed by atoms with Gasteiger partial charge in [0, 0.05) is 32.6 Å². The molecule has 1 heterocycles. The minimum absolute atomic E-state index is 0. The molecule has 1 aliphatic carbocycles. The van der Waals surface area contributed by atoms with Crippen LogP contribution in [-0.4, -0.2) is 60.4 Å². The van der Waals surface area contributed by atoms with Crippen LogP contribution in [-0.2, 0) is 11.3 Å². The largest absolute Gasteiger partial charge is 0.353 e. The molecule has 1 saturated carbocycles. The van der Waals surface area contributed by atoms with E-state index in [9.17, 15) is 4.79 Å². The molecule has 1 fully saturated rings. The molecule has 1 N–H and O–H groups in total. The number of nitrogens with zero attached hydrogens (tertiary/aromatic N) is 4. The lowest BCUT2D eigenvalue weighted by Gasteiger charge is -2.29. The Kier molecular flexibility index (Phi) is 9.70. The topological polar surface area (TPSA) is 60.8 Å². The summed E-state index contributed by atoms with van der Waals surface area (Å²) in [6.07, 6.45) is 6.18. The van der Waals surface area contributed by atoms with Crippen molar-refractivity contribution in [3.05, 3.63) is 16.1 Å². The van der Waals surface area contributed by atoms with Crippen LogP contribution in [0.3, 0.4) is 0 Å². The maximum Gasteiger partial charge on any atom is 0.243 e. The van der Waals surface area contributed by atoms with E-state index in [0.717, 1.165) is 16.7 Å². The summed E-state index contributed by atoms with van der Waals surface area (Å²) >= 11 is 1.66. The number of hydrogen-bond donors (Lipinski definition) is 1. The normalized spacial score (nSPS) is 15.4. The van der Waals surface area contributed by atoms with Gasteiger partial charge in [0.1, 0.15) is 6.54 Å². The summed E-state index contributed by atoms with van der Waals surface area (Å²) in [5, 5.41) is 6.71. The van der Waals surface area contributed by atoms with Gasteiger partial charge in [0.2, 0.25) is 5.91 Å². The van der Waals surface area contributed by atoms with E-state index in [-0.39, 0.29) is 36.4 Å². The fourth-order valence-electron chi connectivity index (χ4n) is 2.79. The maximum absolute atomic E-state index is 11.9. The summed E-state index contributed by atoms with van der Waals surface area (Å²) in [7, 11) is 5.52. The number of nitrogens with one attached hydrogen (secondary N) is 1. The molecule has 0 saturated heterocycles. The van der Waals surface area contributed by atoms with Crippen LogP contribution >= 0.6 is 35.3 Å². The highest BCUT2D eigenvalue weighted by Gasteiger charge is 2.18. The number of hydrogen-bond acceptors (Lipinski definition) is 4. The Balaban J connectivity index is 0.00000312. The third-order valence-corrected chi connectivity index (χ3v) is 5.05. The summed E-state index contributed by atoms with van der Waals surface area (Å²) in [5.41, 5.74) is 1.04. The Hall–Kier alpha value is -0.900. The fourth-order valence-corrected chi connectivity index (χ4v) is 3.39. The van der Waals surface area contributed by atoms with Crippen LogP contribution in [0.4, 0.5) is 0 Å². The summed E-state index contributed by atoms with van der Waals surface area (Å²) in [5.74, 6) is 0.804. The number of aliphatic imine (C=N–C) groups is 1. The molecule has 0 spiro atoms. The second kappa shape index (κ2) is 10.9. The first-order valence-electron chi connectivity index (χ1n) is 8.59. The number of halogens is 1. The number of amides is 1. The molecular weight excluding hydrogens is 449 g/mol. The number of guanidine groups is 1. The van der Waals surface area contributed by atoms with E-state index in [1.807, 2.05) is 14.0 Å². The van der Waals surface area contributed by atoms with Gasteiger partial charge in [0.15, 0.2) is 5.96 Å². The Morgan fingerprint density at radius 2 is 2.00 bits per heavy atom. The maximum atomic E-state index is 11.9. The highest BCUT2D eigenvalue weighted by molar-refractivity contribution is 14.0. The molecule has 0 aromatic carbocycles. The number of aromatic nitrogens is 1. The van der Waals surface area contributed by atoms with E-state index in [1.54, 1.807) is 30.3 Å². The van der Waals surface area contributed by atoms with Crippen LogP contribution < -0.4 is 5.32 Å². The molecule has 1 amide bonds. The zero-order valence-corrected chi connectivity index (χ0v) is 18.8. The van der Waals surface area contributed by atoms with E-state index in [2.05, 4.69) is 25.6 Å². The highest BCUT2D eigenvalue weighted by atomic mass is 127. The van der Waals surface area contributed by atoms with E-state index < -0.39 is 0 Å². The van der Waals surface area contributed by atoms with E-state index in [0.29, 0.717) is 12.6 Å². The molecule has 25 heavy (non-hydrogen) atoms. The Morgan fingerprint density at radius 1 is 1.32 bits per heavy atom. The Labute approximate surface area is 172 Å². The monoisotopic (exact) mass is 479 g/mol. The summed E-state index contributed by atoms with van der Waals surface area (Å²) in [6.45, 7) is 2.88. The third kappa shape index (κ3) is 7.47. The number of thiazole rings is 1. The second-order valence-corrected chi connectivity index (χ2v) is 7.68. The van der Waals surface area contributed by atoms with Crippen molar-refractivity contribution in [1.82, 2.24) is 20.1 Å². The number of carbonyl (C=O) groups is 1. The highest BCUT2D eigenvalue weighted by Crippen LogP contribution is 2.18. The van der Waals surface area contributed by atoms with Crippen molar-refractivity contribution in [2.45, 2.75) is 51.6 Å². The van der Waals surface area contributed by atoms with Crippen molar-refractivity contribution < 1.29 is 4.79 Å². The lowest BCUT2D eigenvalue weighted by molar-refractivity contribution is -0.127. The summed E-state index contributed by atoms with van der Waals surface area (Å²) in [6, 6.07) is 0.451. The molecule has 1 aliphatic rings. The van der Waals surface area contributed by atoms with Crippen molar-refractivity contribution in [1.29, 1.82) is 0 Å². The van der Waals surface area contributed by atoms with Gasteiger partial charge in [-0.2, -0.15) is 0 Å². The molecule has 142 valence electrons. The molecule has 0 aliphatic heterocycles. The lowest BCUT2D eigenvalue weighted by Crippen LogP contribution is -2.45. The van der Waals surface area contributed by atoms with Gasteiger partial charge in [0.05, 0.1) is 17.2 Å². The van der Waals surface area contributed by atoms with E-state index >= 15 is 0 Å². The zero-order valence-electron chi connectivity index (χ0n) is 15.6. The molecule has 0 atom stereocenters. The molecule has 2 rings (SSSR count).